The Morgan fingerprint density at radius 3 is 1.49 bits per heavy atom. The number of nitrogens with zero attached hydrogens (tertiary/aromatic N) is 1. The van der Waals surface area contributed by atoms with Crippen LogP contribution in [0.4, 0.5) is 0 Å². The molecule has 0 amide bonds. The molecule has 232 valence electrons. The van der Waals surface area contributed by atoms with Crippen LogP contribution >= 0.6 is 7.26 Å². The first-order valence-corrected chi connectivity index (χ1v) is 18.4. The van der Waals surface area contributed by atoms with E-state index >= 15 is 0 Å². The number of carbonyl (C=O) groups is 1. The number of hydrogen-bond donors (Lipinski definition) is 1. The molecule has 1 fully saturated rings. The minimum atomic E-state index is -1.71. The number of ether oxygens (including phenoxy) is 1. The number of hydrogen-bond acceptors (Lipinski definition) is 4. The molecular formula is C38H53NO3P+. The van der Waals surface area contributed by atoms with E-state index in [-0.39, 0.29) is 11.9 Å². The fourth-order valence-electron chi connectivity index (χ4n) is 6.98. The average molecular weight is 603 g/mol. The van der Waals surface area contributed by atoms with Gasteiger partial charge in [-0.2, -0.15) is 5.06 Å². The SMILES string of the molecule is CC1(C)CC(C(=O)OCCCCCCCCCCC[P+](c2ccccc2)(c2ccccc2)c2ccccc2)C(C)(C)N1O. The van der Waals surface area contributed by atoms with Gasteiger partial charge in [-0.3, -0.25) is 4.79 Å². The van der Waals surface area contributed by atoms with Gasteiger partial charge >= 0.3 is 5.97 Å². The molecule has 1 saturated heterocycles. The number of unbranched alkanes of at least 4 members (excludes halogenated alkanes) is 8. The molecule has 0 spiro atoms. The maximum absolute atomic E-state index is 12.7. The Kier molecular flexibility index (Phi) is 12.0. The Morgan fingerprint density at radius 2 is 1.09 bits per heavy atom. The second-order valence-corrected chi connectivity index (χ2v) is 17.0. The molecule has 3 aromatic carbocycles. The van der Waals surface area contributed by atoms with E-state index in [1.165, 1.54) is 72.1 Å². The summed E-state index contributed by atoms with van der Waals surface area (Å²) in [6, 6.07) is 33.6. The topological polar surface area (TPSA) is 49.8 Å². The van der Waals surface area contributed by atoms with Crippen LogP contribution in [-0.4, -0.2) is 40.1 Å². The van der Waals surface area contributed by atoms with Crippen LogP contribution in [0.25, 0.3) is 0 Å². The van der Waals surface area contributed by atoms with Crippen LogP contribution in [0.5, 0.6) is 0 Å². The highest BCUT2D eigenvalue weighted by atomic mass is 31.2. The first-order valence-electron chi connectivity index (χ1n) is 16.4. The summed E-state index contributed by atoms with van der Waals surface area (Å²) in [6.45, 7) is 8.25. The number of esters is 1. The molecule has 3 aromatic rings. The van der Waals surface area contributed by atoms with Gasteiger partial charge in [0.25, 0.3) is 0 Å². The van der Waals surface area contributed by atoms with Crippen LogP contribution in [0.15, 0.2) is 91.0 Å². The van der Waals surface area contributed by atoms with Gasteiger partial charge in [0.05, 0.1) is 24.2 Å². The lowest BCUT2D eigenvalue weighted by Crippen LogP contribution is -2.48. The monoisotopic (exact) mass is 602 g/mol. The zero-order valence-corrected chi connectivity index (χ0v) is 27.8. The number of carbonyl (C=O) groups excluding carboxylic acids is 1. The number of benzene rings is 3. The highest BCUT2D eigenvalue weighted by Gasteiger charge is 2.54. The third-order valence-corrected chi connectivity index (χ3v) is 14.0. The predicted octanol–water partition coefficient (Wildman–Crippen LogP) is 8.30. The smallest absolute Gasteiger partial charge is 0.310 e. The molecule has 0 radical (unpaired) electrons. The normalized spacial score (nSPS) is 18.0. The first kappa shape index (κ1) is 33.4. The molecule has 4 rings (SSSR count). The Labute approximate surface area is 261 Å². The molecule has 1 aliphatic heterocycles. The van der Waals surface area contributed by atoms with E-state index in [9.17, 15) is 10.0 Å². The van der Waals surface area contributed by atoms with E-state index in [1.54, 1.807) is 0 Å². The largest absolute Gasteiger partial charge is 0.465 e. The van der Waals surface area contributed by atoms with Crippen LogP contribution in [-0.2, 0) is 9.53 Å². The summed E-state index contributed by atoms with van der Waals surface area (Å²) in [6.07, 6.45) is 12.6. The lowest BCUT2D eigenvalue weighted by molar-refractivity contribution is -0.200. The predicted molar refractivity (Wildman–Crippen MR) is 182 cm³/mol. The van der Waals surface area contributed by atoms with Gasteiger partial charge < -0.3 is 9.94 Å². The van der Waals surface area contributed by atoms with Crippen molar-refractivity contribution in [1.29, 1.82) is 0 Å². The summed E-state index contributed by atoms with van der Waals surface area (Å²) in [5.41, 5.74) is -1.02. The van der Waals surface area contributed by atoms with Gasteiger partial charge in [-0.25, -0.2) is 0 Å². The molecule has 4 nitrogen and oxygen atoms in total. The van der Waals surface area contributed by atoms with Gasteiger partial charge in [0.15, 0.2) is 0 Å². The molecule has 0 aromatic heterocycles. The Morgan fingerprint density at radius 1 is 0.698 bits per heavy atom. The van der Waals surface area contributed by atoms with Gasteiger partial charge in [0.1, 0.15) is 23.2 Å². The molecule has 1 N–H and O–H groups in total. The van der Waals surface area contributed by atoms with Crippen molar-refractivity contribution in [1.82, 2.24) is 5.06 Å². The molecule has 1 unspecified atom stereocenters. The minimum Gasteiger partial charge on any atom is -0.465 e. The lowest BCUT2D eigenvalue weighted by Gasteiger charge is -2.35. The molecule has 0 saturated carbocycles. The summed E-state index contributed by atoms with van der Waals surface area (Å²) in [5.74, 6) is -0.472. The van der Waals surface area contributed by atoms with Gasteiger partial charge in [0.2, 0.25) is 0 Å². The van der Waals surface area contributed by atoms with Crippen LogP contribution < -0.4 is 15.9 Å². The van der Waals surface area contributed by atoms with Crippen LogP contribution in [0.3, 0.4) is 0 Å². The average Bonchev–Trinajstić information content (AvgIpc) is 3.19. The zero-order chi connectivity index (χ0) is 30.8. The first-order chi connectivity index (χ1) is 20.7. The summed E-state index contributed by atoms with van der Waals surface area (Å²) in [4.78, 5) is 12.7. The minimum absolute atomic E-state index is 0.173. The third kappa shape index (κ3) is 8.15. The fraction of sp³-hybridized carbons (Fsp3) is 0.500. The number of hydroxylamine groups is 2. The standard InChI is InChI=1S/C38H53NO3P/c1-37(2)31-35(38(3,4)39(37)41)36(40)42-29-21-10-8-6-5-7-9-11-22-30-43(32-23-15-12-16-24-32,33-25-17-13-18-26-33)34-27-19-14-20-28-34/h12-20,23-28,35,41H,5-11,21-22,29-31H2,1-4H3/q+1. The molecule has 1 heterocycles. The van der Waals surface area contributed by atoms with Crippen molar-refractivity contribution in [2.24, 2.45) is 5.92 Å². The second-order valence-electron chi connectivity index (χ2n) is 13.4. The van der Waals surface area contributed by atoms with Crippen molar-refractivity contribution in [3.05, 3.63) is 91.0 Å². The molecule has 0 aliphatic carbocycles. The van der Waals surface area contributed by atoms with E-state index in [2.05, 4.69) is 91.0 Å². The number of rotatable bonds is 16. The lowest BCUT2D eigenvalue weighted by atomic mass is 9.87. The van der Waals surface area contributed by atoms with Crippen molar-refractivity contribution < 1.29 is 14.7 Å². The van der Waals surface area contributed by atoms with E-state index in [0.717, 1.165) is 12.8 Å². The summed E-state index contributed by atoms with van der Waals surface area (Å²) in [5, 5.41) is 16.2. The fourth-order valence-corrected chi connectivity index (χ4v) is 11.4. The van der Waals surface area contributed by atoms with E-state index < -0.39 is 18.3 Å². The summed E-state index contributed by atoms with van der Waals surface area (Å²) >= 11 is 0. The van der Waals surface area contributed by atoms with Crippen molar-refractivity contribution >= 4 is 29.1 Å². The van der Waals surface area contributed by atoms with Gasteiger partial charge in [-0.05, 0) is 89.8 Å². The van der Waals surface area contributed by atoms with Gasteiger partial charge in [-0.15, -0.1) is 0 Å². The molecule has 0 bridgehead atoms. The highest BCUT2D eigenvalue weighted by molar-refractivity contribution is 7.95. The molecule has 5 heteroatoms. The van der Waals surface area contributed by atoms with Crippen molar-refractivity contribution in [3.8, 4) is 0 Å². The quantitative estimate of drug-likeness (QED) is 0.102. The van der Waals surface area contributed by atoms with E-state index in [4.69, 9.17) is 4.74 Å². The van der Waals surface area contributed by atoms with Gasteiger partial charge in [0, 0.05) is 5.54 Å². The van der Waals surface area contributed by atoms with E-state index in [1.807, 2.05) is 27.7 Å². The highest BCUT2D eigenvalue weighted by Crippen LogP contribution is 2.56. The van der Waals surface area contributed by atoms with E-state index in [0.29, 0.717) is 13.0 Å². The maximum Gasteiger partial charge on any atom is 0.310 e. The molecular weight excluding hydrogens is 549 g/mol. The Bertz CT molecular complexity index is 1150. The molecule has 43 heavy (non-hydrogen) atoms. The van der Waals surface area contributed by atoms with Crippen LogP contribution in [0.2, 0.25) is 0 Å². The second kappa shape index (κ2) is 15.5. The Balaban J connectivity index is 1.16. The van der Waals surface area contributed by atoms with Crippen LogP contribution in [0.1, 0.15) is 91.9 Å². The summed E-state index contributed by atoms with van der Waals surface area (Å²) in [7, 11) is -1.71. The van der Waals surface area contributed by atoms with Crippen molar-refractivity contribution in [2.45, 2.75) is 103 Å². The summed E-state index contributed by atoms with van der Waals surface area (Å²) < 4.78 is 5.62. The molecule has 1 aliphatic rings. The van der Waals surface area contributed by atoms with Crippen molar-refractivity contribution in [2.75, 3.05) is 12.8 Å². The maximum atomic E-state index is 12.7. The van der Waals surface area contributed by atoms with Crippen molar-refractivity contribution in [3.63, 3.8) is 0 Å². The Hall–Kier alpha value is -2.52. The van der Waals surface area contributed by atoms with Crippen LogP contribution in [0, 0.1) is 5.92 Å². The van der Waals surface area contributed by atoms with Gasteiger partial charge in [-0.1, -0.05) is 93.1 Å². The molecule has 1 atom stereocenters. The third-order valence-electron chi connectivity index (χ3n) is 9.43. The zero-order valence-electron chi connectivity index (χ0n) is 26.9.